The van der Waals surface area contributed by atoms with Crippen LogP contribution in [0.1, 0.15) is 29.8 Å². The van der Waals surface area contributed by atoms with E-state index in [-0.39, 0.29) is 12.2 Å². The molecule has 2 aromatic carbocycles. The van der Waals surface area contributed by atoms with Crippen molar-refractivity contribution in [2.75, 3.05) is 26.2 Å². The number of rotatable bonds is 9. The lowest BCUT2D eigenvalue weighted by molar-refractivity contribution is 0.0463. The van der Waals surface area contributed by atoms with Crippen LogP contribution in [0.15, 0.2) is 56.2 Å². The molecule has 5 nitrogen and oxygen atoms in total. The third-order valence-electron chi connectivity index (χ3n) is 4.72. The molecule has 29 heavy (non-hydrogen) atoms. The van der Waals surface area contributed by atoms with E-state index in [9.17, 15) is 9.90 Å². The zero-order chi connectivity index (χ0) is 20.8. The summed E-state index contributed by atoms with van der Waals surface area (Å²) in [4.78, 5) is 15.9. The fourth-order valence-corrected chi connectivity index (χ4v) is 4.59. The number of aromatic hydroxyl groups is 1. The van der Waals surface area contributed by atoms with Gasteiger partial charge < -0.3 is 19.2 Å². The summed E-state index contributed by atoms with van der Waals surface area (Å²) < 4.78 is 11.7. The summed E-state index contributed by atoms with van der Waals surface area (Å²) in [6, 6.07) is 13.8. The van der Waals surface area contributed by atoms with E-state index >= 15 is 0 Å². The van der Waals surface area contributed by atoms with Gasteiger partial charge in [0.25, 0.3) is 5.95 Å². The van der Waals surface area contributed by atoms with E-state index < -0.39 is 11.9 Å². The van der Waals surface area contributed by atoms with Crippen molar-refractivity contribution in [2.45, 2.75) is 24.5 Å². The molecule has 0 aliphatic carbocycles. The zero-order valence-corrected chi connectivity index (χ0v) is 18.9. The minimum atomic E-state index is -0.577. The number of thioether (sulfide) groups is 1. The molecule has 0 saturated carbocycles. The van der Waals surface area contributed by atoms with Gasteiger partial charge in [0.1, 0.15) is 12.2 Å². The first kappa shape index (κ1) is 21.7. The van der Waals surface area contributed by atoms with Crippen molar-refractivity contribution in [3.63, 3.8) is 0 Å². The molecule has 0 fully saturated rings. The number of furan rings is 1. The lowest BCUT2D eigenvalue weighted by Gasteiger charge is -2.17. The number of halogens is 1. The van der Waals surface area contributed by atoms with Crippen molar-refractivity contribution in [3.05, 3.63) is 58.1 Å². The van der Waals surface area contributed by atoms with E-state index in [1.807, 2.05) is 24.3 Å². The largest absolute Gasteiger partial charge is 0.480 e. The van der Waals surface area contributed by atoms with Gasteiger partial charge in [-0.15, -0.1) is 11.8 Å². The summed E-state index contributed by atoms with van der Waals surface area (Å²) in [6.45, 7) is 6.83. The van der Waals surface area contributed by atoms with Crippen LogP contribution in [0.3, 0.4) is 0 Å². The van der Waals surface area contributed by atoms with Crippen LogP contribution in [-0.4, -0.2) is 42.2 Å². The van der Waals surface area contributed by atoms with E-state index in [1.165, 1.54) is 4.90 Å². The summed E-state index contributed by atoms with van der Waals surface area (Å²) in [7, 11) is 0. The lowest BCUT2D eigenvalue weighted by Crippen LogP contribution is -2.27. The number of carbonyl (C=O) groups excluding carboxylic acids is 1. The molecule has 1 heterocycles. The molecule has 154 valence electrons. The van der Waals surface area contributed by atoms with E-state index in [0.717, 1.165) is 28.9 Å². The Kier molecular flexibility index (Phi) is 7.64. The molecule has 3 aromatic rings. The molecule has 0 aliphatic rings. The van der Waals surface area contributed by atoms with Gasteiger partial charge in [0.2, 0.25) is 0 Å². The molecule has 0 unspecified atom stereocenters. The zero-order valence-electron chi connectivity index (χ0n) is 16.5. The number of hydrogen-bond acceptors (Lipinski definition) is 6. The van der Waals surface area contributed by atoms with Crippen molar-refractivity contribution in [1.29, 1.82) is 0 Å². The Morgan fingerprint density at radius 3 is 2.62 bits per heavy atom. The number of fused-ring (bicyclic) bond motifs is 1. The monoisotopic (exact) mass is 477 g/mol. The molecule has 1 aromatic heterocycles. The predicted molar refractivity (Wildman–Crippen MR) is 120 cm³/mol. The minimum absolute atomic E-state index is 0.0718. The third-order valence-corrected chi connectivity index (χ3v) is 6.51. The average Bonchev–Trinajstić information content (AvgIpc) is 3.04. The first-order valence-electron chi connectivity index (χ1n) is 9.54. The molecule has 0 aliphatic heterocycles. The maximum absolute atomic E-state index is 12.5. The summed E-state index contributed by atoms with van der Waals surface area (Å²) >= 11 is 5.28. The van der Waals surface area contributed by atoms with Crippen molar-refractivity contribution in [3.8, 4) is 5.95 Å². The highest BCUT2D eigenvalue weighted by Gasteiger charge is 2.23. The van der Waals surface area contributed by atoms with Gasteiger partial charge in [0.05, 0.1) is 0 Å². The molecule has 1 N–H and O–H groups in total. The Hall–Kier alpha value is -1.96. The molecular formula is C22H24BrNO4S. The maximum atomic E-state index is 12.5. The van der Waals surface area contributed by atoms with E-state index in [4.69, 9.17) is 9.15 Å². The number of ether oxygens (including phenoxy) is 1. The van der Waals surface area contributed by atoms with Crippen LogP contribution in [-0.2, 0) is 10.5 Å². The number of nitrogens with zero attached hydrogens (tertiary/aromatic N) is 1. The highest BCUT2D eigenvalue weighted by Crippen LogP contribution is 2.37. The normalized spacial score (nSPS) is 11.3. The van der Waals surface area contributed by atoms with Crippen LogP contribution < -0.4 is 0 Å². The first-order valence-corrected chi connectivity index (χ1v) is 11.3. The second-order valence-corrected chi connectivity index (χ2v) is 8.39. The number of carbonyl (C=O) groups is 1. The standard InChI is InChI=1S/C22H24BrNO4S/c1-3-24(4-2)10-11-27-21(25)20-17-13-18(23)15(12-19(17)28-22(20)26)14-29-16-8-6-5-7-9-16/h5-9,12-13,26H,3-4,10-11,14H2,1-2H3. The van der Waals surface area contributed by atoms with Crippen LogP contribution in [0.25, 0.3) is 11.0 Å². The quantitative estimate of drug-likeness (QED) is 0.315. The SMILES string of the molecule is CCN(CC)CCOC(=O)c1c(O)oc2cc(CSc3ccccc3)c(Br)cc12. The number of esters is 1. The molecule has 0 atom stereocenters. The number of hydrogen-bond donors (Lipinski definition) is 1. The summed E-state index contributed by atoms with van der Waals surface area (Å²) in [5.74, 6) is -0.259. The molecule has 0 bridgehead atoms. The Morgan fingerprint density at radius 1 is 1.21 bits per heavy atom. The van der Waals surface area contributed by atoms with Crippen molar-refractivity contribution >= 4 is 44.6 Å². The van der Waals surface area contributed by atoms with E-state index in [1.54, 1.807) is 17.8 Å². The maximum Gasteiger partial charge on any atom is 0.346 e. The second-order valence-electron chi connectivity index (χ2n) is 6.49. The van der Waals surface area contributed by atoms with E-state index in [0.29, 0.717) is 17.5 Å². The van der Waals surface area contributed by atoms with Crippen LogP contribution in [0.5, 0.6) is 5.95 Å². The van der Waals surface area contributed by atoms with Gasteiger partial charge >= 0.3 is 5.97 Å². The van der Waals surface area contributed by atoms with Gasteiger partial charge in [0.15, 0.2) is 5.56 Å². The van der Waals surface area contributed by atoms with Crippen LogP contribution in [0, 0.1) is 0 Å². The summed E-state index contributed by atoms with van der Waals surface area (Å²) in [5.41, 5.74) is 1.55. The van der Waals surface area contributed by atoms with Crippen LogP contribution >= 0.6 is 27.7 Å². The highest BCUT2D eigenvalue weighted by atomic mass is 79.9. The van der Waals surface area contributed by atoms with Crippen LogP contribution in [0.4, 0.5) is 0 Å². The summed E-state index contributed by atoms with van der Waals surface area (Å²) in [6.07, 6.45) is 0. The van der Waals surface area contributed by atoms with Gasteiger partial charge in [-0.05, 0) is 42.9 Å². The summed E-state index contributed by atoms with van der Waals surface area (Å²) in [5, 5.41) is 10.7. The number of benzene rings is 2. The van der Waals surface area contributed by atoms with Crippen molar-refractivity contribution in [1.82, 2.24) is 4.90 Å². The molecule has 3 rings (SSSR count). The van der Waals surface area contributed by atoms with Gasteiger partial charge in [-0.1, -0.05) is 48.0 Å². The molecular weight excluding hydrogens is 454 g/mol. The predicted octanol–water partition coefficient (Wildman–Crippen LogP) is 5.69. The second kappa shape index (κ2) is 10.2. The highest BCUT2D eigenvalue weighted by molar-refractivity contribution is 9.10. The van der Waals surface area contributed by atoms with E-state index in [2.05, 4.69) is 46.8 Å². The fourth-order valence-electron chi connectivity index (χ4n) is 3.01. The van der Waals surface area contributed by atoms with Crippen molar-refractivity contribution < 1.29 is 19.1 Å². The minimum Gasteiger partial charge on any atom is -0.480 e. The van der Waals surface area contributed by atoms with Gasteiger partial charge in [0, 0.05) is 27.1 Å². The smallest absolute Gasteiger partial charge is 0.346 e. The van der Waals surface area contributed by atoms with Crippen molar-refractivity contribution in [2.24, 2.45) is 0 Å². The number of likely N-dealkylation sites (N-methyl/N-ethyl adjacent to an activating group) is 1. The first-order chi connectivity index (χ1) is 14.0. The molecule has 0 spiro atoms. The Bertz CT molecular complexity index is 970. The lowest BCUT2D eigenvalue weighted by atomic mass is 10.1. The molecule has 0 saturated heterocycles. The Balaban J connectivity index is 1.75. The van der Waals surface area contributed by atoms with Gasteiger partial charge in [-0.3, -0.25) is 0 Å². The fraction of sp³-hybridized carbons (Fsp3) is 0.318. The molecule has 0 radical (unpaired) electrons. The Morgan fingerprint density at radius 2 is 1.93 bits per heavy atom. The van der Waals surface area contributed by atoms with Gasteiger partial charge in [-0.2, -0.15) is 0 Å². The molecule has 0 amide bonds. The average molecular weight is 478 g/mol. The topological polar surface area (TPSA) is 62.9 Å². The Labute approximate surface area is 183 Å². The molecule has 7 heteroatoms. The van der Waals surface area contributed by atoms with Gasteiger partial charge in [-0.25, -0.2) is 4.79 Å². The van der Waals surface area contributed by atoms with Crippen LogP contribution in [0.2, 0.25) is 0 Å². The third kappa shape index (κ3) is 5.35.